The summed E-state index contributed by atoms with van der Waals surface area (Å²) < 4.78 is 17.4. The highest BCUT2D eigenvalue weighted by Crippen LogP contribution is 2.43. The minimum absolute atomic E-state index is 0.159. The highest BCUT2D eigenvalue weighted by molar-refractivity contribution is 6.32. The molecule has 1 saturated heterocycles. The highest BCUT2D eigenvalue weighted by Gasteiger charge is 2.43. The van der Waals surface area contributed by atoms with Crippen molar-refractivity contribution >= 4 is 45.8 Å². The Labute approximate surface area is 271 Å². The largest absolute Gasteiger partial charge is 0.486 e. The van der Waals surface area contributed by atoms with Crippen LogP contribution in [-0.4, -0.2) is 56.2 Å². The first-order chi connectivity index (χ1) is 22.0. The number of nitrogens with zero attached hydrogens (tertiary/aromatic N) is 5. The third-order valence-electron chi connectivity index (χ3n) is 8.18. The van der Waals surface area contributed by atoms with Crippen LogP contribution in [0.4, 0.5) is 22.0 Å². The number of nitro groups is 1. The van der Waals surface area contributed by atoms with Crippen LogP contribution in [0.15, 0.2) is 61.1 Å². The molecular weight excluding hydrogens is 612 g/mol. The summed E-state index contributed by atoms with van der Waals surface area (Å²) in [5.41, 5.74) is 1.19. The molecule has 1 aliphatic heterocycles. The van der Waals surface area contributed by atoms with E-state index in [0.29, 0.717) is 64.7 Å². The summed E-state index contributed by atoms with van der Waals surface area (Å²) in [5.74, 6) is 2.00. The Hall–Kier alpha value is -4.71. The first-order valence-corrected chi connectivity index (χ1v) is 15.5. The van der Waals surface area contributed by atoms with Crippen molar-refractivity contribution in [3.05, 3.63) is 81.9 Å². The standard InChI is InChI=1S/C33H35ClN6O6/c1-33(2,3)46-32(41)39-15-21-10-20(11-22(21)16-39)17-44-30-14-27-25(13-28(30)40(42)43)31(37-19-36-27)38-23-7-8-29(26(34)12-23)45-18-24-6-4-5-9-35-24/h4-9,12-14,19-22H,10-11,15-18H2,1-3H3,(H,36,37,38)/t20?,21-,22+. The number of carbonyl (C=O) groups is 1. The lowest BCUT2D eigenvalue weighted by molar-refractivity contribution is -0.385. The van der Waals surface area contributed by atoms with Crippen LogP contribution in [0.2, 0.25) is 5.02 Å². The minimum atomic E-state index is -0.531. The van der Waals surface area contributed by atoms with Crippen molar-refractivity contribution in [1.29, 1.82) is 0 Å². The van der Waals surface area contributed by atoms with Gasteiger partial charge in [0.1, 0.15) is 30.1 Å². The maximum atomic E-state index is 12.5. The lowest BCUT2D eigenvalue weighted by Gasteiger charge is -2.25. The Balaban J connectivity index is 1.11. The van der Waals surface area contributed by atoms with Gasteiger partial charge in [0.15, 0.2) is 5.75 Å². The molecule has 1 aliphatic carbocycles. The van der Waals surface area contributed by atoms with E-state index < -0.39 is 10.5 Å². The van der Waals surface area contributed by atoms with Gasteiger partial charge in [-0.2, -0.15) is 0 Å². The van der Waals surface area contributed by atoms with Gasteiger partial charge < -0.3 is 24.4 Å². The van der Waals surface area contributed by atoms with E-state index in [1.165, 1.54) is 12.4 Å². The summed E-state index contributed by atoms with van der Waals surface area (Å²) in [6, 6.07) is 13.8. The number of halogens is 1. The maximum absolute atomic E-state index is 12.5. The number of nitro benzene ring substituents is 1. The molecule has 3 atom stereocenters. The van der Waals surface area contributed by atoms with Crippen molar-refractivity contribution in [3.63, 3.8) is 0 Å². The topological polar surface area (TPSA) is 142 Å². The van der Waals surface area contributed by atoms with E-state index >= 15 is 0 Å². The second-order valence-corrected chi connectivity index (χ2v) is 13.2. The molecule has 1 unspecified atom stereocenters. The van der Waals surface area contributed by atoms with Gasteiger partial charge in [-0.1, -0.05) is 17.7 Å². The molecule has 46 heavy (non-hydrogen) atoms. The number of nitrogens with one attached hydrogen (secondary N) is 1. The molecule has 2 fully saturated rings. The van der Waals surface area contributed by atoms with Crippen molar-refractivity contribution in [2.75, 3.05) is 25.0 Å². The van der Waals surface area contributed by atoms with Crippen LogP contribution in [0.25, 0.3) is 10.9 Å². The summed E-state index contributed by atoms with van der Waals surface area (Å²) in [6.45, 7) is 7.52. The first-order valence-electron chi connectivity index (χ1n) is 15.2. The van der Waals surface area contributed by atoms with Crippen LogP contribution in [-0.2, 0) is 11.3 Å². The fraction of sp³-hybridized carbons (Fsp3) is 0.394. The summed E-state index contributed by atoms with van der Waals surface area (Å²) >= 11 is 6.48. The predicted octanol–water partition coefficient (Wildman–Crippen LogP) is 7.18. The van der Waals surface area contributed by atoms with Crippen LogP contribution in [0.1, 0.15) is 39.3 Å². The normalized spacial score (nSPS) is 19.1. The molecule has 1 saturated carbocycles. The zero-order valence-electron chi connectivity index (χ0n) is 25.8. The van der Waals surface area contributed by atoms with E-state index in [4.69, 9.17) is 25.8 Å². The van der Waals surface area contributed by atoms with E-state index in [9.17, 15) is 14.9 Å². The lowest BCUT2D eigenvalue weighted by atomic mass is 10.0. The highest BCUT2D eigenvalue weighted by atomic mass is 35.5. The Morgan fingerprint density at radius 3 is 2.50 bits per heavy atom. The van der Waals surface area contributed by atoms with Crippen molar-refractivity contribution in [2.24, 2.45) is 17.8 Å². The van der Waals surface area contributed by atoms with Gasteiger partial charge in [-0.25, -0.2) is 14.8 Å². The summed E-state index contributed by atoms with van der Waals surface area (Å²) in [4.78, 5) is 38.9. The minimum Gasteiger partial charge on any atom is -0.486 e. The van der Waals surface area contributed by atoms with Gasteiger partial charge in [-0.3, -0.25) is 15.1 Å². The van der Waals surface area contributed by atoms with Gasteiger partial charge >= 0.3 is 11.8 Å². The summed E-state index contributed by atoms with van der Waals surface area (Å²) in [7, 11) is 0. The van der Waals surface area contributed by atoms with Crippen molar-refractivity contribution < 1.29 is 23.9 Å². The fourth-order valence-corrected chi connectivity index (χ4v) is 6.38. The van der Waals surface area contributed by atoms with Gasteiger partial charge in [0.25, 0.3) is 0 Å². The molecule has 2 aromatic heterocycles. The molecule has 240 valence electrons. The van der Waals surface area contributed by atoms with Crippen molar-refractivity contribution in [1.82, 2.24) is 19.9 Å². The van der Waals surface area contributed by atoms with Crippen LogP contribution in [0.3, 0.4) is 0 Å². The lowest BCUT2D eigenvalue weighted by Crippen LogP contribution is -2.36. The van der Waals surface area contributed by atoms with E-state index in [1.54, 1.807) is 35.4 Å². The van der Waals surface area contributed by atoms with E-state index in [-0.39, 0.29) is 30.1 Å². The number of ether oxygens (including phenoxy) is 3. The predicted molar refractivity (Wildman–Crippen MR) is 173 cm³/mol. The number of pyridine rings is 1. The second-order valence-electron chi connectivity index (χ2n) is 12.8. The molecule has 1 N–H and O–H groups in total. The molecule has 2 aromatic carbocycles. The number of carbonyl (C=O) groups excluding carboxylic acids is 1. The number of hydrogen-bond donors (Lipinski definition) is 1. The van der Waals surface area contributed by atoms with Crippen LogP contribution < -0.4 is 14.8 Å². The van der Waals surface area contributed by atoms with E-state index in [0.717, 1.165) is 18.5 Å². The Kier molecular flexibility index (Phi) is 8.81. The number of anilines is 2. The van der Waals surface area contributed by atoms with Gasteiger partial charge in [-0.15, -0.1) is 0 Å². The van der Waals surface area contributed by atoms with Crippen molar-refractivity contribution in [3.8, 4) is 11.5 Å². The number of hydrogen-bond acceptors (Lipinski definition) is 10. The number of benzene rings is 2. The third-order valence-corrected chi connectivity index (χ3v) is 8.48. The maximum Gasteiger partial charge on any atom is 0.410 e. The smallest absolute Gasteiger partial charge is 0.410 e. The molecule has 0 radical (unpaired) electrons. The van der Waals surface area contributed by atoms with E-state index in [1.807, 2.05) is 39.0 Å². The van der Waals surface area contributed by atoms with Gasteiger partial charge in [0.05, 0.1) is 33.1 Å². The first kappa shape index (κ1) is 31.3. The molecule has 12 nitrogen and oxygen atoms in total. The molecule has 3 heterocycles. The number of rotatable bonds is 9. The summed E-state index contributed by atoms with van der Waals surface area (Å²) in [6.07, 6.45) is 4.58. The number of likely N-dealkylation sites (tertiary alicyclic amines) is 1. The molecule has 0 spiro atoms. The Morgan fingerprint density at radius 1 is 1.04 bits per heavy atom. The van der Waals surface area contributed by atoms with Crippen LogP contribution in [0, 0.1) is 27.9 Å². The monoisotopic (exact) mass is 646 g/mol. The average Bonchev–Trinajstić information content (AvgIpc) is 3.58. The molecule has 13 heteroatoms. The summed E-state index contributed by atoms with van der Waals surface area (Å²) in [5, 5.41) is 16.2. The van der Waals surface area contributed by atoms with Crippen LogP contribution in [0.5, 0.6) is 11.5 Å². The molecule has 2 aliphatic rings. The fourth-order valence-electron chi connectivity index (χ4n) is 6.14. The zero-order chi connectivity index (χ0) is 32.4. The Bertz CT molecular complexity index is 1740. The van der Waals surface area contributed by atoms with Gasteiger partial charge in [0, 0.05) is 37.1 Å². The van der Waals surface area contributed by atoms with Crippen molar-refractivity contribution in [2.45, 2.75) is 45.8 Å². The molecule has 4 aromatic rings. The SMILES string of the molecule is CC(C)(C)OC(=O)N1C[C@H]2CC(COc3cc4ncnc(Nc5ccc(OCc6ccccn6)c(Cl)c5)c4cc3[N+](=O)[O-])C[C@H]2C1. The molecule has 1 amide bonds. The molecular formula is C33H35ClN6O6. The number of aromatic nitrogens is 3. The Morgan fingerprint density at radius 2 is 1.83 bits per heavy atom. The van der Waals surface area contributed by atoms with Gasteiger partial charge in [0.2, 0.25) is 0 Å². The third kappa shape index (κ3) is 7.23. The average molecular weight is 647 g/mol. The molecule has 0 bridgehead atoms. The van der Waals surface area contributed by atoms with Gasteiger partial charge in [-0.05, 0) is 81.7 Å². The number of amides is 1. The zero-order valence-corrected chi connectivity index (χ0v) is 26.6. The number of fused-ring (bicyclic) bond motifs is 2. The molecule has 6 rings (SSSR count). The second kappa shape index (κ2) is 13.0. The quantitative estimate of drug-likeness (QED) is 0.147. The van der Waals surface area contributed by atoms with Crippen LogP contribution >= 0.6 is 11.6 Å². The van der Waals surface area contributed by atoms with E-state index in [2.05, 4.69) is 20.3 Å².